The summed E-state index contributed by atoms with van der Waals surface area (Å²) in [5.74, 6) is 1.49. The van der Waals surface area contributed by atoms with Crippen molar-refractivity contribution in [1.82, 2.24) is 4.98 Å². The van der Waals surface area contributed by atoms with E-state index in [-0.39, 0.29) is 5.97 Å². The quantitative estimate of drug-likeness (QED) is 0.576. The molecule has 6 nitrogen and oxygen atoms in total. The third kappa shape index (κ3) is 3.86. The van der Waals surface area contributed by atoms with Crippen LogP contribution in [0.25, 0.3) is 10.9 Å². The highest BCUT2D eigenvalue weighted by Crippen LogP contribution is 2.33. The summed E-state index contributed by atoms with van der Waals surface area (Å²) in [4.78, 5) is 16.9. The molecular weight excluding hydrogens is 358 g/mol. The van der Waals surface area contributed by atoms with Crippen molar-refractivity contribution >= 4 is 16.9 Å². The molecule has 0 unspecified atom stereocenters. The number of fused-ring (bicyclic) bond motifs is 1. The maximum atomic E-state index is 12.4. The van der Waals surface area contributed by atoms with E-state index >= 15 is 0 Å². The normalized spacial score (nSPS) is 10.6. The van der Waals surface area contributed by atoms with Gasteiger partial charge in [-0.05, 0) is 48.7 Å². The number of pyridine rings is 1. The van der Waals surface area contributed by atoms with Crippen LogP contribution in [0.1, 0.15) is 28.4 Å². The van der Waals surface area contributed by atoms with Gasteiger partial charge in [-0.3, -0.25) is 4.98 Å². The predicted molar refractivity (Wildman–Crippen MR) is 107 cm³/mol. The average molecular weight is 381 g/mol. The third-order valence-electron chi connectivity index (χ3n) is 4.53. The number of rotatable bonds is 7. The van der Waals surface area contributed by atoms with Gasteiger partial charge in [0.1, 0.15) is 5.75 Å². The molecule has 0 saturated carbocycles. The van der Waals surface area contributed by atoms with Gasteiger partial charge in [0.2, 0.25) is 0 Å². The van der Waals surface area contributed by atoms with E-state index in [9.17, 15) is 4.79 Å². The SMILES string of the molecule is CCOC(=O)c1cc(OC)ccc1Cc1ccnc2cc(OC)c(OC)cc12. The standard InChI is InChI=1S/C22H23NO5/c1-5-28-22(24)18-11-16(25-2)7-6-14(18)10-15-8-9-23-19-13-21(27-4)20(26-3)12-17(15)19/h6-9,11-13H,5,10H2,1-4H3. The summed E-state index contributed by atoms with van der Waals surface area (Å²) < 4.78 is 21.3. The highest BCUT2D eigenvalue weighted by molar-refractivity contribution is 5.92. The lowest BCUT2D eigenvalue weighted by Gasteiger charge is -2.14. The third-order valence-corrected chi connectivity index (χ3v) is 4.53. The number of hydrogen-bond donors (Lipinski definition) is 0. The Morgan fingerprint density at radius 1 is 0.929 bits per heavy atom. The van der Waals surface area contributed by atoms with Gasteiger partial charge in [-0.25, -0.2) is 4.79 Å². The molecule has 0 spiro atoms. The maximum absolute atomic E-state index is 12.4. The summed E-state index contributed by atoms with van der Waals surface area (Å²) in [6, 6.07) is 11.1. The van der Waals surface area contributed by atoms with Crippen molar-refractivity contribution in [3.63, 3.8) is 0 Å². The Morgan fingerprint density at radius 3 is 2.36 bits per heavy atom. The van der Waals surface area contributed by atoms with Gasteiger partial charge in [-0.2, -0.15) is 0 Å². The van der Waals surface area contributed by atoms with Crippen LogP contribution >= 0.6 is 0 Å². The van der Waals surface area contributed by atoms with E-state index in [4.69, 9.17) is 18.9 Å². The van der Waals surface area contributed by atoms with Gasteiger partial charge in [-0.15, -0.1) is 0 Å². The van der Waals surface area contributed by atoms with Crippen LogP contribution in [0.4, 0.5) is 0 Å². The summed E-state index contributed by atoms with van der Waals surface area (Å²) >= 11 is 0. The van der Waals surface area contributed by atoms with E-state index in [1.54, 1.807) is 40.5 Å². The van der Waals surface area contributed by atoms with E-state index in [2.05, 4.69) is 4.98 Å². The number of esters is 1. The summed E-state index contributed by atoms with van der Waals surface area (Å²) in [6.45, 7) is 2.10. The predicted octanol–water partition coefficient (Wildman–Crippen LogP) is 4.03. The van der Waals surface area contributed by atoms with E-state index in [1.165, 1.54) is 0 Å². The molecule has 2 aromatic carbocycles. The first-order valence-electron chi connectivity index (χ1n) is 8.94. The zero-order chi connectivity index (χ0) is 20.1. The molecule has 0 bridgehead atoms. The van der Waals surface area contributed by atoms with Gasteiger partial charge in [-0.1, -0.05) is 6.07 Å². The lowest BCUT2D eigenvalue weighted by molar-refractivity contribution is 0.0525. The maximum Gasteiger partial charge on any atom is 0.338 e. The highest BCUT2D eigenvalue weighted by atomic mass is 16.5. The molecule has 6 heteroatoms. The molecule has 0 saturated heterocycles. The van der Waals surface area contributed by atoms with Crippen LogP contribution in [0.3, 0.4) is 0 Å². The second-order valence-electron chi connectivity index (χ2n) is 6.11. The van der Waals surface area contributed by atoms with Crippen LogP contribution in [0.5, 0.6) is 17.2 Å². The molecule has 1 heterocycles. The number of aromatic nitrogens is 1. The summed E-state index contributed by atoms with van der Waals surface area (Å²) in [6.07, 6.45) is 2.28. The molecular formula is C22H23NO5. The van der Waals surface area contributed by atoms with Gasteiger partial charge < -0.3 is 18.9 Å². The second kappa shape index (κ2) is 8.61. The number of hydrogen-bond acceptors (Lipinski definition) is 6. The minimum Gasteiger partial charge on any atom is -0.497 e. The fraction of sp³-hybridized carbons (Fsp3) is 0.273. The van der Waals surface area contributed by atoms with Crippen LogP contribution in [0, 0.1) is 0 Å². The van der Waals surface area contributed by atoms with E-state index < -0.39 is 0 Å². The zero-order valence-electron chi connectivity index (χ0n) is 16.4. The molecule has 28 heavy (non-hydrogen) atoms. The molecule has 0 aliphatic heterocycles. The van der Waals surface area contributed by atoms with Crippen molar-refractivity contribution in [2.24, 2.45) is 0 Å². The summed E-state index contributed by atoms with van der Waals surface area (Å²) in [5.41, 5.74) is 3.15. The van der Waals surface area contributed by atoms with Crippen molar-refractivity contribution in [2.45, 2.75) is 13.3 Å². The number of ether oxygens (including phenoxy) is 4. The first-order chi connectivity index (χ1) is 13.6. The number of carbonyl (C=O) groups excluding carboxylic acids is 1. The number of benzene rings is 2. The van der Waals surface area contributed by atoms with E-state index in [1.807, 2.05) is 30.3 Å². The Morgan fingerprint density at radius 2 is 1.68 bits per heavy atom. The molecule has 0 aliphatic carbocycles. The van der Waals surface area contributed by atoms with E-state index in [0.29, 0.717) is 35.8 Å². The first kappa shape index (κ1) is 19.5. The molecule has 0 atom stereocenters. The lowest BCUT2D eigenvalue weighted by Crippen LogP contribution is -2.09. The first-order valence-corrected chi connectivity index (χ1v) is 8.94. The Hall–Kier alpha value is -3.28. The molecule has 1 aromatic heterocycles. The monoisotopic (exact) mass is 381 g/mol. The minimum absolute atomic E-state index is 0.310. The molecule has 0 fully saturated rings. The molecule has 0 radical (unpaired) electrons. The Bertz CT molecular complexity index is 1000. The fourth-order valence-electron chi connectivity index (χ4n) is 3.12. The molecule has 0 N–H and O–H groups in total. The molecule has 146 valence electrons. The number of carbonyl (C=O) groups is 1. The van der Waals surface area contributed by atoms with Gasteiger partial charge in [0.05, 0.1) is 39.0 Å². The highest BCUT2D eigenvalue weighted by Gasteiger charge is 2.16. The molecule has 3 rings (SSSR count). The number of methoxy groups -OCH3 is 3. The van der Waals surface area contributed by atoms with Crippen molar-refractivity contribution in [1.29, 1.82) is 0 Å². The molecule has 0 amide bonds. The van der Waals surface area contributed by atoms with E-state index in [0.717, 1.165) is 22.0 Å². The number of nitrogens with zero attached hydrogens (tertiary/aromatic N) is 1. The Labute approximate surface area is 164 Å². The summed E-state index contributed by atoms with van der Waals surface area (Å²) in [5, 5.41) is 0.936. The largest absolute Gasteiger partial charge is 0.497 e. The summed E-state index contributed by atoms with van der Waals surface area (Å²) in [7, 11) is 4.76. The zero-order valence-corrected chi connectivity index (χ0v) is 16.4. The van der Waals surface area contributed by atoms with Gasteiger partial charge in [0.25, 0.3) is 0 Å². The molecule has 3 aromatic rings. The van der Waals surface area contributed by atoms with Crippen LogP contribution in [-0.4, -0.2) is 38.9 Å². The Kier molecular flexibility index (Phi) is 5.99. The topological polar surface area (TPSA) is 66.9 Å². The van der Waals surface area contributed by atoms with Crippen molar-refractivity contribution < 1.29 is 23.7 Å². The lowest BCUT2D eigenvalue weighted by atomic mass is 9.97. The Balaban J connectivity index is 2.08. The van der Waals surface area contributed by atoms with Crippen molar-refractivity contribution in [3.05, 3.63) is 59.3 Å². The minimum atomic E-state index is -0.367. The van der Waals surface area contributed by atoms with Crippen LogP contribution < -0.4 is 14.2 Å². The fourth-order valence-corrected chi connectivity index (χ4v) is 3.12. The van der Waals surface area contributed by atoms with Crippen molar-refractivity contribution in [2.75, 3.05) is 27.9 Å². The van der Waals surface area contributed by atoms with Gasteiger partial charge in [0.15, 0.2) is 11.5 Å². The van der Waals surface area contributed by atoms with Crippen LogP contribution in [-0.2, 0) is 11.2 Å². The van der Waals surface area contributed by atoms with Crippen molar-refractivity contribution in [3.8, 4) is 17.2 Å². The molecule has 0 aliphatic rings. The smallest absolute Gasteiger partial charge is 0.338 e. The second-order valence-corrected chi connectivity index (χ2v) is 6.11. The average Bonchev–Trinajstić information content (AvgIpc) is 2.73. The van der Waals surface area contributed by atoms with Gasteiger partial charge in [0, 0.05) is 17.6 Å². The van der Waals surface area contributed by atoms with Crippen LogP contribution in [0.2, 0.25) is 0 Å². The van der Waals surface area contributed by atoms with Crippen LogP contribution in [0.15, 0.2) is 42.6 Å². The van der Waals surface area contributed by atoms with Gasteiger partial charge >= 0.3 is 5.97 Å².